The zero-order chi connectivity index (χ0) is 14.4. The lowest BCUT2D eigenvalue weighted by Gasteiger charge is -2.32. The second-order valence-corrected chi connectivity index (χ2v) is 5.17. The average molecular weight is 284 g/mol. The summed E-state index contributed by atoms with van der Waals surface area (Å²) in [5, 5.41) is 3.41. The second-order valence-electron chi connectivity index (χ2n) is 5.17. The van der Waals surface area contributed by atoms with E-state index in [1.807, 2.05) is 6.07 Å². The van der Waals surface area contributed by atoms with Crippen molar-refractivity contribution < 1.29 is 13.5 Å². The number of halogens is 2. The molecule has 20 heavy (non-hydrogen) atoms. The molecule has 0 aliphatic carbocycles. The fourth-order valence-corrected chi connectivity index (χ4v) is 2.61. The van der Waals surface area contributed by atoms with Crippen LogP contribution in [0.15, 0.2) is 24.3 Å². The summed E-state index contributed by atoms with van der Waals surface area (Å²) in [4.78, 5) is 2.47. The van der Waals surface area contributed by atoms with Gasteiger partial charge in [-0.1, -0.05) is 13.0 Å². The molecule has 1 N–H and O–H groups in total. The van der Waals surface area contributed by atoms with Crippen LogP contribution in [0.3, 0.4) is 0 Å². The van der Waals surface area contributed by atoms with Crippen molar-refractivity contribution in [3.05, 3.63) is 24.3 Å². The average Bonchev–Trinajstić information content (AvgIpc) is 2.41. The Balaban J connectivity index is 1.84. The largest absolute Gasteiger partial charge is 0.435 e. The van der Waals surface area contributed by atoms with Crippen molar-refractivity contribution in [2.75, 3.05) is 25.0 Å². The first-order valence-electron chi connectivity index (χ1n) is 7.21. The van der Waals surface area contributed by atoms with Crippen molar-refractivity contribution in [1.29, 1.82) is 0 Å². The van der Waals surface area contributed by atoms with Crippen molar-refractivity contribution in [2.45, 2.75) is 38.8 Å². The molecule has 1 aromatic carbocycles. The molecule has 0 saturated carbocycles. The molecule has 2 rings (SSSR count). The van der Waals surface area contributed by atoms with Crippen LogP contribution in [-0.2, 0) is 0 Å². The Labute approximate surface area is 118 Å². The van der Waals surface area contributed by atoms with Gasteiger partial charge in [-0.2, -0.15) is 8.78 Å². The summed E-state index contributed by atoms with van der Waals surface area (Å²) < 4.78 is 28.8. The van der Waals surface area contributed by atoms with E-state index in [4.69, 9.17) is 0 Å². The molecule has 0 spiro atoms. The van der Waals surface area contributed by atoms with Gasteiger partial charge in [-0.15, -0.1) is 0 Å². The van der Waals surface area contributed by atoms with Crippen LogP contribution in [0.5, 0.6) is 5.75 Å². The van der Waals surface area contributed by atoms with Gasteiger partial charge in [0.1, 0.15) is 5.75 Å². The smallest absolute Gasteiger partial charge is 0.387 e. The summed E-state index contributed by atoms with van der Waals surface area (Å²) in [6.07, 6.45) is 3.35. The lowest BCUT2D eigenvalue weighted by molar-refractivity contribution is -0.0498. The fraction of sp³-hybridized carbons (Fsp3) is 0.600. The minimum Gasteiger partial charge on any atom is -0.435 e. The van der Waals surface area contributed by atoms with E-state index in [9.17, 15) is 8.78 Å². The Morgan fingerprint density at radius 2 is 2.10 bits per heavy atom. The molecule has 1 aromatic rings. The molecule has 112 valence electrons. The minimum absolute atomic E-state index is 0.202. The maximum absolute atomic E-state index is 12.2. The van der Waals surface area contributed by atoms with Crippen LogP contribution in [0.1, 0.15) is 26.2 Å². The molecule has 1 saturated heterocycles. The number of hydrogen-bond donors (Lipinski definition) is 1. The third-order valence-corrected chi connectivity index (χ3v) is 3.56. The fourth-order valence-electron chi connectivity index (χ4n) is 2.61. The number of hydrogen-bond acceptors (Lipinski definition) is 3. The molecule has 1 fully saturated rings. The molecule has 3 nitrogen and oxygen atoms in total. The van der Waals surface area contributed by atoms with Crippen molar-refractivity contribution in [3.8, 4) is 5.75 Å². The highest BCUT2D eigenvalue weighted by molar-refractivity contribution is 5.48. The molecule has 0 unspecified atom stereocenters. The molecule has 0 amide bonds. The van der Waals surface area contributed by atoms with Gasteiger partial charge < -0.3 is 15.0 Å². The van der Waals surface area contributed by atoms with Crippen molar-refractivity contribution in [3.63, 3.8) is 0 Å². The normalized spacial score (nSPS) is 17.4. The summed E-state index contributed by atoms with van der Waals surface area (Å²) >= 11 is 0. The van der Waals surface area contributed by atoms with Crippen LogP contribution in [-0.4, -0.2) is 37.2 Å². The predicted molar refractivity (Wildman–Crippen MR) is 76.4 cm³/mol. The standard InChI is InChI=1S/C15H22F2N2O/c1-2-8-19-9-6-12(7-10-19)18-13-4-3-5-14(11-13)20-15(16)17/h3-5,11-12,15,18H,2,6-10H2,1H3. The number of alkyl halides is 2. The first kappa shape index (κ1) is 15.0. The van der Waals surface area contributed by atoms with Crippen molar-refractivity contribution in [1.82, 2.24) is 4.90 Å². The summed E-state index contributed by atoms with van der Waals surface area (Å²) in [5.74, 6) is 0.202. The Morgan fingerprint density at radius 1 is 1.35 bits per heavy atom. The van der Waals surface area contributed by atoms with E-state index >= 15 is 0 Å². The highest BCUT2D eigenvalue weighted by Crippen LogP contribution is 2.22. The number of piperidine rings is 1. The van der Waals surface area contributed by atoms with E-state index < -0.39 is 6.61 Å². The first-order valence-corrected chi connectivity index (χ1v) is 7.21. The van der Waals surface area contributed by atoms with Gasteiger partial charge in [0.25, 0.3) is 0 Å². The molecule has 0 atom stereocenters. The first-order chi connectivity index (χ1) is 9.67. The number of nitrogens with zero attached hydrogens (tertiary/aromatic N) is 1. The van der Waals surface area contributed by atoms with Gasteiger partial charge in [0.2, 0.25) is 0 Å². The third-order valence-electron chi connectivity index (χ3n) is 3.56. The van der Waals surface area contributed by atoms with E-state index in [1.54, 1.807) is 18.2 Å². The number of nitrogens with one attached hydrogen (secondary N) is 1. The van der Waals surface area contributed by atoms with Crippen LogP contribution < -0.4 is 10.1 Å². The molecule has 1 aliphatic heterocycles. The van der Waals surface area contributed by atoms with Crippen LogP contribution >= 0.6 is 0 Å². The Morgan fingerprint density at radius 3 is 2.75 bits per heavy atom. The maximum atomic E-state index is 12.2. The van der Waals surface area contributed by atoms with Gasteiger partial charge in [-0.05, 0) is 37.9 Å². The lowest BCUT2D eigenvalue weighted by Crippen LogP contribution is -2.39. The molecule has 0 radical (unpaired) electrons. The van der Waals surface area contributed by atoms with Gasteiger partial charge in [-0.25, -0.2) is 0 Å². The molecule has 5 heteroatoms. The molecular formula is C15H22F2N2O. The number of ether oxygens (including phenoxy) is 1. The van der Waals surface area contributed by atoms with Gasteiger partial charge in [0.15, 0.2) is 0 Å². The monoisotopic (exact) mass is 284 g/mol. The quantitative estimate of drug-likeness (QED) is 0.864. The topological polar surface area (TPSA) is 24.5 Å². The van der Waals surface area contributed by atoms with Gasteiger partial charge in [0.05, 0.1) is 0 Å². The molecule has 1 aliphatic rings. The zero-order valence-corrected chi connectivity index (χ0v) is 11.8. The number of rotatable bonds is 6. The second kappa shape index (κ2) is 7.43. The molecule has 1 heterocycles. The minimum atomic E-state index is -2.78. The van der Waals surface area contributed by atoms with Crippen molar-refractivity contribution >= 4 is 5.69 Å². The van der Waals surface area contributed by atoms with E-state index in [-0.39, 0.29) is 5.75 Å². The maximum Gasteiger partial charge on any atom is 0.387 e. The Hall–Kier alpha value is -1.36. The summed E-state index contributed by atoms with van der Waals surface area (Å²) in [7, 11) is 0. The van der Waals surface area contributed by atoms with Crippen LogP contribution in [0.2, 0.25) is 0 Å². The Bertz CT molecular complexity index is 407. The molecule has 0 bridgehead atoms. The van der Waals surface area contributed by atoms with E-state index in [0.29, 0.717) is 6.04 Å². The number of anilines is 1. The number of benzene rings is 1. The SMILES string of the molecule is CCCN1CCC(Nc2cccc(OC(F)F)c2)CC1. The Kier molecular flexibility index (Phi) is 5.59. The summed E-state index contributed by atoms with van der Waals surface area (Å²) in [6, 6.07) is 7.19. The van der Waals surface area contributed by atoms with E-state index in [0.717, 1.165) is 38.2 Å². The highest BCUT2D eigenvalue weighted by Gasteiger charge is 2.18. The van der Waals surface area contributed by atoms with Gasteiger partial charge in [-0.3, -0.25) is 0 Å². The third kappa shape index (κ3) is 4.63. The van der Waals surface area contributed by atoms with E-state index in [2.05, 4.69) is 21.9 Å². The summed E-state index contributed by atoms with van der Waals surface area (Å²) in [6.45, 7) is 2.77. The van der Waals surface area contributed by atoms with Gasteiger partial charge in [0, 0.05) is 30.9 Å². The summed E-state index contributed by atoms with van der Waals surface area (Å²) in [5.41, 5.74) is 0.845. The molecule has 0 aromatic heterocycles. The van der Waals surface area contributed by atoms with Crippen molar-refractivity contribution in [2.24, 2.45) is 0 Å². The zero-order valence-electron chi connectivity index (χ0n) is 11.8. The van der Waals surface area contributed by atoms with Crippen LogP contribution in [0.25, 0.3) is 0 Å². The van der Waals surface area contributed by atoms with Gasteiger partial charge >= 0.3 is 6.61 Å². The lowest BCUT2D eigenvalue weighted by atomic mass is 10.0. The predicted octanol–water partition coefficient (Wildman–Crippen LogP) is 3.57. The highest BCUT2D eigenvalue weighted by atomic mass is 19.3. The van der Waals surface area contributed by atoms with E-state index in [1.165, 1.54) is 6.42 Å². The molecular weight excluding hydrogens is 262 g/mol. The van der Waals surface area contributed by atoms with Crippen LogP contribution in [0, 0.1) is 0 Å². The van der Waals surface area contributed by atoms with Crippen LogP contribution in [0.4, 0.5) is 14.5 Å². The number of likely N-dealkylation sites (tertiary alicyclic amines) is 1.